The van der Waals surface area contributed by atoms with Crippen molar-refractivity contribution in [1.82, 2.24) is 5.32 Å². The second-order valence-electron chi connectivity index (χ2n) is 5.45. The first-order chi connectivity index (χ1) is 11.5. The van der Waals surface area contributed by atoms with E-state index in [1.807, 2.05) is 19.1 Å². The monoisotopic (exact) mass is 321 g/mol. The molecule has 0 radical (unpaired) electrons. The van der Waals surface area contributed by atoms with Crippen molar-refractivity contribution in [2.45, 2.75) is 13.8 Å². The van der Waals surface area contributed by atoms with Crippen LogP contribution in [0.4, 0.5) is 5.69 Å². The summed E-state index contributed by atoms with van der Waals surface area (Å²) in [6, 6.07) is 16.2. The van der Waals surface area contributed by atoms with E-state index in [4.69, 9.17) is 5.26 Å². The van der Waals surface area contributed by atoms with E-state index in [0.717, 1.165) is 5.56 Å². The fourth-order valence-electron chi connectivity index (χ4n) is 2.30. The highest BCUT2D eigenvalue weighted by atomic mass is 16.2. The number of nitrogens with one attached hydrogen (secondary N) is 1. The van der Waals surface area contributed by atoms with E-state index in [0.29, 0.717) is 29.9 Å². The van der Waals surface area contributed by atoms with E-state index in [9.17, 15) is 9.59 Å². The van der Waals surface area contributed by atoms with Gasteiger partial charge >= 0.3 is 0 Å². The Morgan fingerprint density at radius 1 is 1.17 bits per heavy atom. The van der Waals surface area contributed by atoms with Crippen molar-refractivity contribution in [2.24, 2.45) is 0 Å². The van der Waals surface area contributed by atoms with E-state index < -0.39 is 0 Å². The SMILES string of the molecule is CC(=O)N(CCNC(=O)c1ccc(C)cc1)c1cccc(C#N)c1. The Kier molecular flexibility index (Phi) is 5.69. The van der Waals surface area contributed by atoms with Crippen LogP contribution in [-0.2, 0) is 4.79 Å². The molecule has 2 amide bonds. The summed E-state index contributed by atoms with van der Waals surface area (Å²) in [6.45, 7) is 4.08. The summed E-state index contributed by atoms with van der Waals surface area (Å²) < 4.78 is 0. The van der Waals surface area contributed by atoms with Crippen LogP contribution in [0.5, 0.6) is 0 Å². The Bertz CT molecular complexity index is 776. The predicted molar refractivity (Wildman–Crippen MR) is 92.7 cm³/mol. The van der Waals surface area contributed by atoms with Gasteiger partial charge in [-0.2, -0.15) is 5.26 Å². The van der Waals surface area contributed by atoms with Gasteiger partial charge in [-0.05, 0) is 37.3 Å². The van der Waals surface area contributed by atoms with Crippen LogP contribution in [0, 0.1) is 18.3 Å². The number of hydrogen-bond donors (Lipinski definition) is 1. The van der Waals surface area contributed by atoms with E-state index in [2.05, 4.69) is 11.4 Å². The van der Waals surface area contributed by atoms with Gasteiger partial charge in [0.05, 0.1) is 11.6 Å². The van der Waals surface area contributed by atoms with Crippen LogP contribution in [0.1, 0.15) is 28.4 Å². The molecule has 1 N–H and O–H groups in total. The maximum Gasteiger partial charge on any atom is 0.251 e. The number of nitriles is 1. The zero-order chi connectivity index (χ0) is 17.5. The third kappa shape index (κ3) is 4.43. The van der Waals surface area contributed by atoms with Crippen molar-refractivity contribution in [3.05, 3.63) is 65.2 Å². The minimum absolute atomic E-state index is 0.144. The third-order valence-corrected chi connectivity index (χ3v) is 3.60. The minimum Gasteiger partial charge on any atom is -0.350 e. The van der Waals surface area contributed by atoms with Gasteiger partial charge in [-0.3, -0.25) is 9.59 Å². The number of rotatable bonds is 5. The highest BCUT2D eigenvalue weighted by molar-refractivity contribution is 5.94. The molecule has 0 atom stereocenters. The molecule has 0 saturated heterocycles. The molecule has 0 spiro atoms. The van der Waals surface area contributed by atoms with Gasteiger partial charge in [0.1, 0.15) is 0 Å². The Hall–Kier alpha value is -3.13. The van der Waals surface area contributed by atoms with Crippen molar-refractivity contribution in [3.63, 3.8) is 0 Å². The molecule has 0 aliphatic heterocycles. The second kappa shape index (κ2) is 7.93. The number of carbonyl (C=O) groups is 2. The Morgan fingerprint density at radius 2 is 1.88 bits per heavy atom. The molecular formula is C19H19N3O2. The molecule has 5 heteroatoms. The van der Waals surface area contributed by atoms with Crippen molar-refractivity contribution >= 4 is 17.5 Å². The van der Waals surface area contributed by atoms with Crippen LogP contribution >= 0.6 is 0 Å². The Balaban J connectivity index is 1.99. The summed E-state index contributed by atoms with van der Waals surface area (Å²) in [6.07, 6.45) is 0. The Morgan fingerprint density at radius 3 is 2.50 bits per heavy atom. The number of hydrogen-bond acceptors (Lipinski definition) is 3. The molecule has 0 fully saturated rings. The number of carbonyl (C=O) groups excluding carboxylic acids is 2. The molecule has 0 aromatic heterocycles. The van der Waals surface area contributed by atoms with Crippen molar-refractivity contribution < 1.29 is 9.59 Å². The van der Waals surface area contributed by atoms with Crippen LogP contribution in [0.3, 0.4) is 0 Å². The molecule has 24 heavy (non-hydrogen) atoms. The van der Waals surface area contributed by atoms with Gasteiger partial charge in [0, 0.05) is 31.3 Å². The number of benzene rings is 2. The maximum atomic E-state index is 12.1. The van der Waals surface area contributed by atoms with Crippen molar-refractivity contribution in [1.29, 1.82) is 5.26 Å². The van der Waals surface area contributed by atoms with E-state index in [1.165, 1.54) is 11.8 Å². The lowest BCUT2D eigenvalue weighted by molar-refractivity contribution is -0.116. The van der Waals surface area contributed by atoms with Crippen LogP contribution in [0.15, 0.2) is 48.5 Å². The molecule has 2 aromatic rings. The van der Waals surface area contributed by atoms with Gasteiger partial charge in [-0.1, -0.05) is 23.8 Å². The first-order valence-corrected chi connectivity index (χ1v) is 7.64. The molecule has 2 rings (SSSR count). The highest BCUT2D eigenvalue weighted by Crippen LogP contribution is 2.15. The molecule has 2 aromatic carbocycles. The third-order valence-electron chi connectivity index (χ3n) is 3.60. The number of amides is 2. The average Bonchev–Trinajstić information content (AvgIpc) is 2.58. The summed E-state index contributed by atoms with van der Waals surface area (Å²) >= 11 is 0. The van der Waals surface area contributed by atoms with Gasteiger partial charge in [0.2, 0.25) is 5.91 Å². The molecular weight excluding hydrogens is 302 g/mol. The molecule has 0 bridgehead atoms. The van der Waals surface area contributed by atoms with Gasteiger partial charge in [0.15, 0.2) is 0 Å². The predicted octanol–water partition coefficient (Wildman–Crippen LogP) is 2.65. The first-order valence-electron chi connectivity index (χ1n) is 7.64. The summed E-state index contributed by atoms with van der Waals surface area (Å²) in [5, 5.41) is 11.8. The fraction of sp³-hybridized carbons (Fsp3) is 0.211. The first kappa shape index (κ1) is 17.2. The number of aryl methyl sites for hydroxylation is 1. The average molecular weight is 321 g/mol. The topological polar surface area (TPSA) is 73.2 Å². The molecule has 0 saturated carbocycles. The summed E-state index contributed by atoms with van der Waals surface area (Å²) in [7, 11) is 0. The summed E-state index contributed by atoms with van der Waals surface area (Å²) in [4.78, 5) is 25.5. The van der Waals surface area contributed by atoms with Crippen LogP contribution in [-0.4, -0.2) is 24.9 Å². The zero-order valence-electron chi connectivity index (χ0n) is 13.7. The molecule has 0 heterocycles. The maximum absolute atomic E-state index is 12.1. The van der Waals surface area contributed by atoms with Gasteiger partial charge < -0.3 is 10.2 Å². The second-order valence-corrected chi connectivity index (χ2v) is 5.45. The lowest BCUT2D eigenvalue weighted by atomic mass is 10.1. The molecule has 122 valence electrons. The zero-order valence-corrected chi connectivity index (χ0v) is 13.7. The van der Waals surface area contributed by atoms with Crippen LogP contribution in [0.25, 0.3) is 0 Å². The lowest BCUT2D eigenvalue weighted by Crippen LogP contribution is -2.37. The highest BCUT2D eigenvalue weighted by Gasteiger charge is 2.12. The van der Waals surface area contributed by atoms with Gasteiger partial charge in [-0.25, -0.2) is 0 Å². The summed E-state index contributed by atoms with van der Waals surface area (Å²) in [5.74, 6) is -0.320. The normalized spacial score (nSPS) is 9.88. The van der Waals surface area contributed by atoms with Gasteiger partial charge in [0.25, 0.3) is 5.91 Å². The standard InChI is InChI=1S/C19H19N3O2/c1-14-6-8-17(9-7-14)19(24)21-10-11-22(15(2)23)18-5-3-4-16(12-18)13-20/h3-9,12H,10-11H2,1-2H3,(H,21,24). The van der Waals surface area contributed by atoms with Crippen molar-refractivity contribution in [2.75, 3.05) is 18.0 Å². The molecule has 0 aliphatic rings. The minimum atomic E-state index is -0.177. The molecule has 0 aliphatic carbocycles. The smallest absolute Gasteiger partial charge is 0.251 e. The van der Waals surface area contributed by atoms with Crippen LogP contribution in [0.2, 0.25) is 0 Å². The van der Waals surface area contributed by atoms with E-state index >= 15 is 0 Å². The fourth-order valence-corrected chi connectivity index (χ4v) is 2.30. The molecule has 5 nitrogen and oxygen atoms in total. The van der Waals surface area contributed by atoms with Gasteiger partial charge in [-0.15, -0.1) is 0 Å². The quantitative estimate of drug-likeness (QED) is 0.920. The number of nitrogens with zero attached hydrogens (tertiary/aromatic N) is 2. The number of anilines is 1. The lowest BCUT2D eigenvalue weighted by Gasteiger charge is -2.21. The molecule has 0 unspecified atom stereocenters. The van der Waals surface area contributed by atoms with E-state index in [1.54, 1.807) is 36.4 Å². The van der Waals surface area contributed by atoms with E-state index in [-0.39, 0.29) is 11.8 Å². The summed E-state index contributed by atoms with van der Waals surface area (Å²) in [5.41, 5.74) is 2.81. The van der Waals surface area contributed by atoms with Crippen LogP contribution < -0.4 is 10.2 Å². The largest absolute Gasteiger partial charge is 0.350 e. The van der Waals surface area contributed by atoms with Crippen molar-refractivity contribution in [3.8, 4) is 6.07 Å². The Labute approximate surface area is 141 Å².